The smallest absolute Gasteiger partial charge is 0.485 e. The van der Waals surface area contributed by atoms with Crippen LogP contribution in [-0.4, -0.2) is 41.5 Å². The third-order valence-electron chi connectivity index (χ3n) is 6.39. The number of nitrogens with zero attached hydrogens (tertiary/aromatic N) is 1. The van der Waals surface area contributed by atoms with Crippen LogP contribution >= 0.6 is 0 Å². The Morgan fingerprint density at radius 2 is 1.92 bits per heavy atom. The monoisotopic (exact) mass is 569 g/mol. The highest BCUT2D eigenvalue weighted by atomic mass is 32.2. The van der Waals surface area contributed by atoms with Crippen molar-refractivity contribution < 1.29 is 50.2 Å². The first-order valence-corrected chi connectivity index (χ1v) is 13.0. The van der Waals surface area contributed by atoms with Crippen molar-refractivity contribution in [3.8, 4) is 11.4 Å². The first kappa shape index (κ1) is 28.2. The van der Waals surface area contributed by atoms with Crippen molar-refractivity contribution in [1.82, 2.24) is 4.57 Å². The lowest BCUT2D eigenvalue weighted by molar-refractivity contribution is -0.331. The summed E-state index contributed by atoms with van der Waals surface area (Å²) in [6.45, 7) is 2.09. The number of aromatic nitrogens is 2. The summed E-state index contributed by atoms with van der Waals surface area (Å²) < 4.78 is 71.5. The molecule has 0 radical (unpaired) electrons. The number of hydrogen-bond acceptors (Lipinski definition) is 9. The van der Waals surface area contributed by atoms with Crippen LogP contribution < -0.4 is 16.3 Å². The van der Waals surface area contributed by atoms with Gasteiger partial charge in [0.15, 0.2) is 10.1 Å². The van der Waals surface area contributed by atoms with E-state index in [9.17, 15) is 27.6 Å². The molecule has 39 heavy (non-hydrogen) atoms. The zero-order valence-corrected chi connectivity index (χ0v) is 21.1. The number of ether oxygens (including phenoxy) is 2. The van der Waals surface area contributed by atoms with Gasteiger partial charge in [-0.3, -0.25) is 14.2 Å². The number of aromatic amines is 1. The van der Waals surface area contributed by atoms with Crippen molar-refractivity contribution in [3.63, 3.8) is 0 Å². The Morgan fingerprint density at radius 1 is 1.26 bits per heavy atom. The number of esters is 2. The molecule has 0 fully saturated rings. The van der Waals surface area contributed by atoms with Gasteiger partial charge in [-0.2, -0.15) is 13.2 Å². The van der Waals surface area contributed by atoms with Crippen LogP contribution in [0.4, 0.5) is 13.2 Å². The molecule has 0 aliphatic carbocycles. The minimum atomic E-state index is -6.09. The number of carbonyl (C=O) groups excluding carboxylic acids is 2. The fraction of sp³-hybridized carbons (Fsp3) is 0.333. The Kier molecular flexibility index (Phi) is 7.27. The Morgan fingerprint density at radius 3 is 2.54 bits per heavy atom. The Hall–Kier alpha value is -3.82. The molecule has 5 rings (SSSR count). The van der Waals surface area contributed by atoms with Crippen LogP contribution in [0.25, 0.3) is 22.3 Å². The molecule has 0 saturated carbocycles. The van der Waals surface area contributed by atoms with Gasteiger partial charge < -0.3 is 19.8 Å². The molecule has 0 bridgehead atoms. The number of hydrogen-bond donors (Lipinski definition) is 1. The number of nitrogens with one attached hydrogen (secondary N) is 1. The second kappa shape index (κ2) is 10.1. The summed E-state index contributed by atoms with van der Waals surface area (Å²) in [4.78, 5) is 41.9. The number of alkyl halides is 3. The summed E-state index contributed by atoms with van der Waals surface area (Å²) in [6, 6.07) is 11.7. The van der Waals surface area contributed by atoms with Crippen LogP contribution in [0.5, 0.6) is 0 Å². The predicted octanol–water partition coefficient (Wildman–Crippen LogP) is 1.45. The lowest BCUT2D eigenvalue weighted by atomic mass is 9.85. The number of benzene rings is 1. The number of cyclic esters (lactones) is 1. The van der Waals surface area contributed by atoms with Crippen molar-refractivity contribution in [2.45, 2.75) is 44.0 Å². The predicted molar refractivity (Wildman–Crippen MR) is 127 cm³/mol. The van der Waals surface area contributed by atoms with Crippen LogP contribution in [-0.2, 0) is 47.9 Å². The van der Waals surface area contributed by atoms with E-state index in [1.165, 1.54) is 0 Å². The molecule has 3 N–H and O–H groups in total. The fourth-order valence-electron chi connectivity index (χ4n) is 4.52. The van der Waals surface area contributed by atoms with Crippen molar-refractivity contribution in [2.75, 3.05) is 6.54 Å². The third kappa shape index (κ3) is 4.99. The minimum Gasteiger partial charge on any atom is -0.741 e. The molecule has 15 heteroatoms. The molecule has 11 nitrogen and oxygen atoms in total. The molecule has 0 unspecified atom stereocenters. The number of pyridine rings is 2. The largest absolute Gasteiger partial charge is 0.741 e. The maximum atomic E-state index is 13.4. The van der Waals surface area contributed by atoms with E-state index >= 15 is 0 Å². The Balaban J connectivity index is 0.000000386. The van der Waals surface area contributed by atoms with E-state index < -0.39 is 33.2 Å². The van der Waals surface area contributed by atoms with Crippen LogP contribution in [0, 0.1) is 0 Å². The lowest BCUT2D eigenvalue weighted by Crippen LogP contribution is -2.47. The topological polar surface area (TPSA) is 172 Å². The molecule has 4 heterocycles. The molecule has 1 atom stereocenters. The second-order valence-electron chi connectivity index (χ2n) is 8.74. The molecular formula is C24H22F3N3O8S. The van der Waals surface area contributed by atoms with Crippen LogP contribution in [0.3, 0.4) is 0 Å². The molecule has 2 aliphatic rings. The summed E-state index contributed by atoms with van der Waals surface area (Å²) in [7, 11) is -6.09. The number of para-hydroxylation sites is 1. The highest BCUT2D eigenvalue weighted by Crippen LogP contribution is 2.40. The lowest BCUT2D eigenvalue weighted by Gasteiger charge is -2.35. The zero-order valence-electron chi connectivity index (χ0n) is 20.3. The first-order chi connectivity index (χ1) is 18.2. The van der Waals surface area contributed by atoms with Gasteiger partial charge in [-0.1, -0.05) is 19.1 Å². The van der Waals surface area contributed by atoms with Gasteiger partial charge in [0.1, 0.15) is 12.3 Å². The van der Waals surface area contributed by atoms with Crippen molar-refractivity contribution in [2.24, 2.45) is 5.73 Å². The van der Waals surface area contributed by atoms with E-state index in [0.717, 1.165) is 22.2 Å². The number of H-pyrrole nitrogens is 1. The fourth-order valence-corrected chi connectivity index (χ4v) is 4.52. The summed E-state index contributed by atoms with van der Waals surface area (Å²) in [5.74, 6) is -1.27. The SMILES string of the molecule is CC[C@@]1(OC(=O)CCN)C(=O)OCc2c1cc1n(c2=O)Cc2cc3ccccc3[nH+]c2-1.O=S(=O)([O-])C(F)(F)F. The summed E-state index contributed by atoms with van der Waals surface area (Å²) in [5, 5.41) is 1.05. The van der Waals surface area contributed by atoms with Crippen LogP contribution in [0.1, 0.15) is 36.5 Å². The van der Waals surface area contributed by atoms with Gasteiger partial charge in [0.2, 0.25) is 16.8 Å². The van der Waals surface area contributed by atoms with Gasteiger partial charge in [0, 0.05) is 29.1 Å². The number of carbonyl (C=O) groups is 2. The third-order valence-corrected chi connectivity index (χ3v) is 6.95. The van der Waals surface area contributed by atoms with Gasteiger partial charge >= 0.3 is 17.4 Å². The average molecular weight is 570 g/mol. The van der Waals surface area contributed by atoms with Gasteiger partial charge in [-0.25, -0.2) is 18.2 Å². The highest BCUT2D eigenvalue weighted by Gasteiger charge is 2.50. The maximum absolute atomic E-state index is 13.4. The van der Waals surface area contributed by atoms with Crippen molar-refractivity contribution in [3.05, 3.63) is 63.4 Å². The van der Waals surface area contributed by atoms with E-state index in [4.69, 9.17) is 28.2 Å². The molecular weight excluding hydrogens is 547 g/mol. The second-order valence-corrected chi connectivity index (χ2v) is 10.1. The number of nitrogens with two attached hydrogens (primary N) is 1. The summed E-state index contributed by atoms with van der Waals surface area (Å²) >= 11 is 0. The quantitative estimate of drug-likeness (QED) is 0.217. The van der Waals surface area contributed by atoms with Crippen LogP contribution in [0.15, 0.2) is 41.2 Å². The van der Waals surface area contributed by atoms with E-state index in [1.807, 2.05) is 24.3 Å². The van der Waals surface area contributed by atoms with Gasteiger partial charge in [0.05, 0.1) is 18.5 Å². The van der Waals surface area contributed by atoms with E-state index in [1.54, 1.807) is 17.6 Å². The molecule has 2 aliphatic heterocycles. The van der Waals surface area contributed by atoms with Crippen LogP contribution in [0.2, 0.25) is 0 Å². The molecule has 3 aromatic rings. The summed E-state index contributed by atoms with van der Waals surface area (Å²) in [5.41, 5.74) is 2.04. The molecule has 0 amide bonds. The maximum Gasteiger partial charge on any atom is 0.485 e. The average Bonchev–Trinajstić information content (AvgIpc) is 3.21. The van der Waals surface area contributed by atoms with Gasteiger partial charge in [0.25, 0.3) is 5.56 Å². The first-order valence-electron chi connectivity index (χ1n) is 11.6. The molecule has 1 aromatic carbocycles. The van der Waals surface area contributed by atoms with E-state index in [-0.39, 0.29) is 31.6 Å². The minimum absolute atomic E-state index is 0.0309. The standard InChI is InChI=1S/C23H21N3O5.CHF3O3S/c1-2-23(31-19(27)7-8-24)16-10-18-20-14(9-13-5-3-4-6-17(13)25-20)11-26(18)21(28)15(16)12-30-22(23)29;2-1(3,4)8(5,6)7/h3-6,9-10H,2,7-8,11-12,24H2,1H3;(H,5,6,7)/t23-;/m0./s1. The van der Waals surface area contributed by atoms with Gasteiger partial charge in [-0.15, -0.1) is 0 Å². The normalized spacial score (nSPS) is 17.8. The molecule has 2 aromatic heterocycles. The molecule has 0 spiro atoms. The Bertz CT molecular complexity index is 1650. The molecule has 208 valence electrons. The zero-order chi connectivity index (χ0) is 28.8. The van der Waals surface area contributed by atoms with E-state index in [2.05, 4.69) is 11.1 Å². The van der Waals surface area contributed by atoms with Gasteiger partial charge in [-0.05, 0) is 24.6 Å². The van der Waals surface area contributed by atoms with Crippen molar-refractivity contribution in [1.29, 1.82) is 0 Å². The number of fused-ring (bicyclic) bond motifs is 5. The van der Waals surface area contributed by atoms with Crippen molar-refractivity contribution >= 4 is 33.0 Å². The number of rotatable bonds is 4. The number of halogens is 3. The van der Waals surface area contributed by atoms with E-state index in [0.29, 0.717) is 23.4 Å². The highest BCUT2D eigenvalue weighted by molar-refractivity contribution is 7.86. The molecule has 0 saturated heterocycles. The Labute approximate surface area is 219 Å². The summed E-state index contributed by atoms with van der Waals surface area (Å²) in [6.07, 6.45) is 0.114.